The first-order valence-electron chi connectivity index (χ1n) is 9.08. The molecule has 0 atom stereocenters. The lowest BCUT2D eigenvalue weighted by molar-refractivity contribution is 0.122. The minimum Gasteiger partial charge on any atom is -0.378 e. The van der Waals surface area contributed by atoms with Gasteiger partial charge in [-0.15, -0.1) is 10.2 Å². The summed E-state index contributed by atoms with van der Waals surface area (Å²) in [5, 5.41) is 18.5. The zero-order valence-electron chi connectivity index (χ0n) is 15.4. The summed E-state index contributed by atoms with van der Waals surface area (Å²) in [6.07, 6.45) is 1.49. The van der Waals surface area contributed by atoms with Crippen molar-refractivity contribution in [1.29, 1.82) is 5.26 Å². The van der Waals surface area contributed by atoms with Crippen LogP contribution in [0.4, 0.5) is 10.3 Å². The monoisotopic (exact) mass is 453 g/mol. The molecule has 0 radical (unpaired) electrons. The van der Waals surface area contributed by atoms with E-state index in [-0.39, 0.29) is 5.57 Å². The van der Waals surface area contributed by atoms with Crippen LogP contribution in [0.1, 0.15) is 11.4 Å². The Labute approximate surface area is 176 Å². The number of halogens is 2. The van der Waals surface area contributed by atoms with Crippen molar-refractivity contribution < 1.29 is 9.13 Å². The average Bonchev–Trinajstić information content (AvgIpc) is 3.20. The van der Waals surface area contributed by atoms with Crippen LogP contribution >= 0.6 is 15.9 Å². The summed E-state index contributed by atoms with van der Waals surface area (Å²) in [6.45, 7) is 2.55. The number of para-hydroxylation sites is 1. The molecule has 1 saturated heterocycles. The van der Waals surface area contributed by atoms with Crippen molar-refractivity contribution in [3.8, 4) is 11.8 Å². The van der Waals surface area contributed by atoms with E-state index >= 15 is 0 Å². The lowest BCUT2D eigenvalue weighted by atomic mass is 10.1. The summed E-state index contributed by atoms with van der Waals surface area (Å²) < 4.78 is 22.3. The van der Waals surface area contributed by atoms with Gasteiger partial charge in [-0.1, -0.05) is 34.1 Å². The lowest BCUT2D eigenvalue weighted by Gasteiger charge is -2.28. The van der Waals surface area contributed by atoms with Crippen LogP contribution in [0.5, 0.6) is 0 Å². The van der Waals surface area contributed by atoms with Crippen LogP contribution in [0.25, 0.3) is 17.3 Å². The summed E-state index contributed by atoms with van der Waals surface area (Å²) in [4.78, 5) is 2.07. The fraction of sp³-hybridized carbons (Fsp3) is 0.190. The molecule has 8 heteroatoms. The van der Waals surface area contributed by atoms with E-state index in [1.807, 2.05) is 34.9 Å². The molecule has 0 saturated carbocycles. The van der Waals surface area contributed by atoms with Gasteiger partial charge in [-0.25, -0.2) is 4.39 Å². The number of hydrogen-bond acceptors (Lipinski definition) is 5. The maximum absolute atomic E-state index is 14.3. The molecule has 0 amide bonds. The molecular weight excluding hydrogens is 437 g/mol. The molecule has 1 fully saturated rings. The van der Waals surface area contributed by atoms with Crippen molar-refractivity contribution in [1.82, 2.24) is 14.8 Å². The van der Waals surface area contributed by atoms with Gasteiger partial charge >= 0.3 is 0 Å². The van der Waals surface area contributed by atoms with Gasteiger partial charge in [-0.2, -0.15) is 5.26 Å². The van der Waals surface area contributed by atoms with E-state index in [4.69, 9.17) is 4.74 Å². The van der Waals surface area contributed by atoms with Gasteiger partial charge in [0.25, 0.3) is 0 Å². The quantitative estimate of drug-likeness (QED) is 0.557. The molecule has 1 aliphatic heterocycles. The first-order chi connectivity index (χ1) is 14.2. The number of benzene rings is 2. The normalized spacial score (nSPS) is 14.7. The maximum atomic E-state index is 14.3. The third kappa shape index (κ3) is 4.06. The molecule has 1 aromatic heterocycles. The first kappa shape index (κ1) is 19.3. The largest absolute Gasteiger partial charge is 0.378 e. The predicted octanol–water partition coefficient (Wildman–Crippen LogP) is 4.07. The van der Waals surface area contributed by atoms with Crippen LogP contribution in [0.15, 0.2) is 53.0 Å². The van der Waals surface area contributed by atoms with E-state index in [1.165, 1.54) is 12.1 Å². The highest BCUT2D eigenvalue weighted by Crippen LogP contribution is 2.27. The number of morpholine rings is 1. The Morgan fingerprint density at radius 2 is 1.90 bits per heavy atom. The highest BCUT2D eigenvalue weighted by atomic mass is 79.9. The van der Waals surface area contributed by atoms with Crippen molar-refractivity contribution >= 4 is 33.5 Å². The fourth-order valence-electron chi connectivity index (χ4n) is 3.16. The minimum atomic E-state index is -0.417. The minimum absolute atomic E-state index is 0.220. The molecule has 1 aliphatic rings. The third-order valence-electron chi connectivity index (χ3n) is 4.57. The van der Waals surface area contributed by atoms with Crippen molar-refractivity contribution in [3.63, 3.8) is 0 Å². The first-order valence-corrected chi connectivity index (χ1v) is 9.87. The molecule has 4 rings (SSSR count). The highest BCUT2D eigenvalue weighted by Gasteiger charge is 2.23. The zero-order valence-corrected chi connectivity index (χ0v) is 17.0. The van der Waals surface area contributed by atoms with Crippen LogP contribution in [-0.2, 0) is 4.74 Å². The second-order valence-electron chi connectivity index (χ2n) is 6.43. The number of ether oxygens (including phenoxy) is 1. The molecule has 3 aromatic rings. The molecule has 0 N–H and O–H groups in total. The summed E-state index contributed by atoms with van der Waals surface area (Å²) in [7, 11) is 0. The van der Waals surface area contributed by atoms with E-state index in [1.54, 1.807) is 12.1 Å². The Balaban J connectivity index is 1.86. The number of rotatable bonds is 4. The van der Waals surface area contributed by atoms with Crippen LogP contribution in [0.2, 0.25) is 0 Å². The standard InChI is InChI=1S/C21H17BrFN5O/c22-17-6-7-19(23)15(13-17)12-16(14-24)20-25-26-21(27-8-10-29-11-9-27)28(20)18-4-2-1-3-5-18/h1-7,12-13H,8-11H2/b16-12+. The average molecular weight is 454 g/mol. The van der Waals surface area contributed by atoms with Crippen LogP contribution in [-0.4, -0.2) is 41.1 Å². The Bertz CT molecular complexity index is 1080. The van der Waals surface area contributed by atoms with Gasteiger partial charge in [0.15, 0.2) is 5.82 Å². The molecule has 6 nitrogen and oxygen atoms in total. The Morgan fingerprint density at radius 1 is 1.14 bits per heavy atom. The molecule has 0 unspecified atom stereocenters. The molecule has 0 spiro atoms. The summed E-state index contributed by atoms with van der Waals surface area (Å²) in [6, 6.07) is 16.3. The van der Waals surface area contributed by atoms with Crippen molar-refractivity contribution in [2.24, 2.45) is 0 Å². The van der Waals surface area contributed by atoms with Gasteiger partial charge in [0, 0.05) is 23.1 Å². The number of aromatic nitrogens is 3. The Kier molecular flexibility index (Phi) is 5.69. The molecule has 2 heterocycles. The van der Waals surface area contributed by atoms with Crippen LogP contribution < -0.4 is 4.90 Å². The van der Waals surface area contributed by atoms with Gasteiger partial charge in [0.2, 0.25) is 5.95 Å². The van der Waals surface area contributed by atoms with E-state index in [2.05, 4.69) is 37.1 Å². The van der Waals surface area contributed by atoms with Gasteiger partial charge in [-0.05, 0) is 36.4 Å². The van der Waals surface area contributed by atoms with Crippen LogP contribution in [0.3, 0.4) is 0 Å². The number of anilines is 1. The second kappa shape index (κ2) is 8.55. The molecule has 29 heavy (non-hydrogen) atoms. The van der Waals surface area contributed by atoms with Crippen LogP contribution in [0, 0.1) is 17.1 Å². The van der Waals surface area contributed by atoms with E-state index < -0.39 is 5.82 Å². The number of allylic oxidation sites excluding steroid dienone is 1. The third-order valence-corrected chi connectivity index (χ3v) is 5.07. The van der Waals surface area contributed by atoms with E-state index in [0.29, 0.717) is 43.6 Å². The fourth-order valence-corrected chi connectivity index (χ4v) is 3.54. The van der Waals surface area contributed by atoms with E-state index in [9.17, 15) is 9.65 Å². The highest BCUT2D eigenvalue weighted by molar-refractivity contribution is 9.10. The molecule has 0 bridgehead atoms. The Morgan fingerprint density at radius 3 is 2.62 bits per heavy atom. The van der Waals surface area contributed by atoms with Crippen molar-refractivity contribution in [2.45, 2.75) is 0 Å². The molecular formula is C21H17BrFN5O. The maximum Gasteiger partial charge on any atom is 0.232 e. The van der Waals surface area contributed by atoms with Gasteiger partial charge in [-0.3, -0.25) is 4.57 Å². The molecule has 146 valence electrons. The summed E-state index contributed by atoms with van der Waals surface area (Å²) in [5.74, 6) is 0.574. The predicted molar refractivity (Wildman–Crippen MR) is 112 cm³/mol. The van der Waals surface area contributed by atoms with E-state index in [0.717, 1.165) is 10.2 Å². The molecule has 0 aliphatic carbocycles. The van der Waals surface area contributed by atoms with Crippen molar-refractivity contribution in [2.75, 3.05) is 31.2 Å². The SMILES string of the molecule is N#C/C(=C\c1cc(Br)ccc1F)c1nnc(N2CCOCC2)n1-c1ccccc1. The number of nitrogens with zero attached hydrogens (tertiary/aromatic N) is 5. The molecule has 2 aromatic carbocycles. The topological polar surface area (TPSA) is 67.0 Å². The smallest absolute Gasteiger partial charge is 0.232 e. The van der Waals surface area contributed by atoms with Gasteiger partial charge < -0.3 is 9.64 Å². The van der Waals surface area contributed by atoms with Gasteiger partial charge in [0.05, 0.1) is 24.5 Å². The number of nitriles is 1. The summed E-state index contributed by atoms with van der Waals surface area (Å²) in [5.41, 5.74) is 1.34. The Hall–Kier alpha value is -3.02. The second-order valence-corrected chi connectivity index (χ2v) is 7.35. The van der Waals surface area contributed by atoms with Crippen molar-refractivity contribution in [3.05, 3.63) is 70.2 Å². The lowest BCUT2D eigenvalue weighted by Crippen LogP contribution is -2.38. The van der Waals surface area contributed by atoms with Gasteiger partial charge in [0.1, 0.15) is 11.9 Å². The zero-order chi connectivity index (χ0) is 20.2. The summed E-state index contributed by atoms with van der Waals surface area (Å²) >= 11 is 3.34. The number of hydrogen-bond donors (Lipinski definition) is 0.